The van der Waals surface area contributed by atoms with Crippen molar-refractivity contribution in [2.75, 3.05) is 0 Å². The first-order chi connectivity index (χ1) is 12.5. The predicted octanol–water partition coefficient (Wildman–Crippen LogP) is 3.54. The van der Waals surface area contributed by atoms with E-state index in [2.05, 4.69) is 0 Å². The topological polar surface area (TPSA) is 77.8 Å². The van der Waals surface area contributed by atoms with Gasteiger partial charge in [0.05, 0.1) is 18.3 Å². The number of carbonyl (C=O) groups is 1. The summed E-state index contributed by atoms with van der Waals surface area (Å²) >= 11 is 0. The van der Waals surface area contributed by atoms with E-state index in [1.807, 2.05) is 0 Å². The van der Waals surface area contributed by atoms with Crippen LogP contribution in [0.2, 0.25) is 0 Å². The molecule has 0 aromatic heterocycles. The molecule has 5 atom stereocenters. The molecule has 26 heavy (non-hydrogen) atoms. The van der Waals surface area contributed by atoms with E-state index in [1.54, 1.807) is 18.2 Å². The van der Waals surface area contributed by atoms with Crippen molar-refractivity contribution in [1.82, 2.24) is 0 Å². The first kappa shape index (κ1) is 21.0. The van der Waals surface area contributed by atoms with Gasteiger partial charge in [0.25, 0.3) is 0 Å². The minimum Gasteiger partial charge on any atom is -0.393 e. The highest BCUT2D eigenvalue weighted by molar-refractivity contribution is 5.48. The molecule has 0 spiro atoms. The van der Waals surface area contributed by atoms with Crippen LogP contribution in [0.3, 0.4) is 0 Å². The second-order valence-electron chi connectivity index (χ2n) is 7.47. The monoisotopic (exact) mass is 366 g/mol. The molecule has 1 aromatic rings. The molecule has 0 radical (unpaired) electrons. The summed E-state index contributed by atoms with van der Waals surface area (Å²) in [6.45, 7) is 0. The lowest BCUT2D eigenvalue weighted by atomic mass is 9.84. The molecule has 146 valence electrons. The summed E-state index contributed by atoms with van der Waals surface area (Å²) in [5, 5.41) is 30.8. The van der Waals surface area contributed by atoms with Crippen LogP contribution >= 0.6 is 0 Å². The lowest BCUT2D eigenvalue weighted by molar-refractivity contribution is -0.107. The van der Waals surface area contributed by atoms with E-state index in [-0.39, 0.29) is 17.4 Å². The van der Waals surface area contributed by atoms with Crippen molar-refractivity contribution in [2.24, 2.45) is 11.8 Å². The molecule has 1 aliphatic rings. The number of benzene rings is 1. The van der Waals surface area contributed by atoms with Gasteiger partial charge in [-0.25, -0.2) is 4.39 Å². The van der Waals surface area contributed by atoms with E-state index >= 15 is 0 Å². The Morgan fingerprint density at radius 2 is 1.69 bits per heavy atom. The summed E-state index contributed by atoms with van der Waals surface area (Å²) in [5.41, 5.74) is 0.285. The number of rotatable bonds is 11. The van der Waals surface area contributed by atoms with Crippen molar-refractivity contribution in [1.29, 1.82) is 0 Å². The van der Waals surface area contributed by atoms with Gasteiger partial charge in [-0.15, -0.1) is 0 Å². The molecular weight excluding hydrogens is 335 g/mol. The number of aliphatic hydroxyl groups excluding tert-OH is 3. The standard InChI is InChI=1S/C21H31FO4/c22-18-10-6-5-9-17(18)19(24)12-11-16-15(20(25)14-21(16)26)8-4-2-1-3-7-13-23/h5-6,9-10,13,15-16,19-21,24-26H,1-4,7-8,11-12,14H2/t15-,16-,19+,20+,21-/m1/s1. The maximum absolute atomic E-state index is 13.8. The van der Waals surface area contributed by atoms with Crippen molar-refractivity contribution in [3.63, 3.8) is 0 Å². The van der Waals surface area contributed by atoms with Crippen molar-refractivity contribution < 1.29 is 24.5 Å². The highest BCUT2D eigenvalue weighted by Gasteiger charge is 2.40. The number of halogens is 1. The molecular formula is C21H31FO4. The van der Waals surface area contributed by atoms with Crippen LogP contribution in [0.25, 0.3) is 0 Å². The van der Waals surface area contributed by atoms with E-state index in [0.717, 1.165) is 38.4 Å². The van der Waals surface area contributed by atoms with E-state index in [4.69, 9.17) is 0 Å². The number of hydrogen-bond donors (Lipinski definition) is 3. The molecule has 0 bridgehead atoms. The molecule has 2 rings (SSSR count). The minimum absolute atomic E-state index is 0.0175. The quantitative estimate of drug-likeness (QED) is 0.413. The summed E-state index contributed by atoms with van der Waals surface area (Å²) < 4.78 is 13.8. The molecule has 5 heteroatoms. The van der Waals surface area contributed by atoms with Crippen molar-refractivity contribution in [3.8, 4) is 0 Å². The van der Waals surface area contributed by atoms with Crippen LogP contribution in [0.15, 0.2) is 24.3 Å². The van der Waals surface area contributed by atoms with Gasteiger partial charge in [0.15, 0.2) is 0 Å². The van der Waals surface area contributed by atoms with Crippen LogP contribution < -0.4 is 0 Å². The van der Waals surface area contributed by atoms with Crippen LogP contribution in [0.4, 0.5) is 4.39 Å². The Hall–Kier alpha value is -1.30. The smallest absolute Gasteiger partial charge is 0.128 e. The second kappa shape index (κ2) is 10.8. The first-order valence-corrected chi connectivity index (χ1v) is 9.76. The van der Waals surface area contributed by atoms with Gasteiger partial charge in [-0.05, 0) is 50.0 Å². The summed E-state index contributed by atoms with van der Waals surface area (Å²) in [6.07, 6.45) is 5.55. The van der Waals surface area contributed by atoms with Gasteiger partial charge in [-0.1, -0.05) is 37.5 Å². The third-order valence-corrected chi connectivity index (χ3v) is 5.67. The maximum atomic E-state index is 13.8. The van der Waals surface area contributed by atoms with E-state index in [1.165, 1.54) is 6.07 Å². The molecule has 0 amide bonds. The fraction of sp³-hybridized carbons (Fsp3) is 0.667. The third kappa shape index (κ3) is 5.86. The summed E-state index contributed by atoms with van der Waals surface area (Å²) in [5.74, 6) is -0.468. The molecule has 1 fully saturated rings. The molecule has 3 N–H and O–H groups in total. The molecule has 1 aromatic carbocycles. The lowest BCUT2D eigenvalue weighted by Gasteiger charge is -2.24. The van der Waals surface area contributed by atoms with E-state index in [9.17, 15) is 24.5 Å². The van der Waals surface area contributed by atoms with Gasteiger partial charge in [0.2, 0.25) is 0 Å². The number of aliphatic hydroxyl groups is 3. The maximum Gasteiger partial charge on any atom is 0.128 e. The van der Waals surface area contributed by atoms with Crippen LogP contribution in [0, 0.1) is 17.7 Å². The van der Waals surface area contributed by atoms with Gasteiger partial charge in [-0.3, -0.25) is 0 Å². The second-order valence-corrected chi connectivity index (χ2v) is 7.47. The molecule has 4 nitrogen and oxygen atoms in total. The zero-order valence-corrected chi connectivity index (χ0v) is 15.3. The fourth-order valence-electron chi connectivity index (χ4n) is 4.19. The van der Waals surface area contributed by atoms with Crippen LogP contribution in [0.1, 0.15) is 69.5 Å². The molecule has 0 unspecified atom stereocenters. The van der Waals surface area contributed by atoms with Gasteiger partial charge in [-0.2, -0.15) is 0 Å². The van der Waals surface area contributed by atoms with Crippen LogP contribution in [-0.4, -0.2) is 33.8 Å². The SMILES string of the molecule is O=CCCCCCC[C@@H]1[C@@H](CC[C@H](O)c2ccccc2F)[C@H](O)C[C@@H]1O. The first-order valence-electron chi connectivity index (χ1n) is 9.76. The molecule has 1 aliphatic carbocycles. The number of hydrogen-bond acceptors (Lipinski definition) is 4. The van der Waals surface area contributed by atoms with Gasteiger partial charge < -0.3 is 20.1 Å². The Morgan fingerprint density at radius 1 is 1.04 bits per heavy atom. The molecule has 0 saturated heterocycles. The Bertz CT molecular complexity index is 551. The average Bonchev–Trinajstić information content (AvgIpc) is 2.89. The number of aldehydes is 1. The predicted molar refractivity (Wildman–Crippen MR) is 98.0 cm³/mol. The van der Waals surface area contributed by atoms with Crippen molar-refractivity contribution in [2.45, 2.75) is 76.1 Å². The van der Waals surface area contributed by atoms with Crippen molar-refractivity contribution in [3.05, 3.63) is 35.6 Å². The highest BCUT2D eigenvalue weighted by atomic mass is 19.1. The molecule has 0 heterocycles. The normalized spacial score (nSPS) is 26.8. The van der Waals surface area contributed by atoms with Crippen LogP contribution in [0.5, 0.6) is 0 Å². The number of unbranched alkanes of at least 4 members (excludes halogenated alkanes) is 4. The fourth-order valence-corrected chi connectivity index (χ4v) is 4.19. The Kier molecular flexibility index (Phi) is 8.69. The average molecular weight is 366 g/mol. The van der Waals surface area contributed by atoms with E-state index in [0.29, 0.717) is 25.7 Å². The zero-order valence-electron chi connectivity index (χ0n) is 15.3. The van der Waals surface area contributed by atoms with Crippen molar-refractivity contribution >= 4 is 6.29 Å². The summed E-state index contributed by atoms with van der Waals surface area (Å²) in [6, 6.07) is 6.20. The van der Waals surface area contributed by atoms with E-state index < -0.39 is 24.1 Å². The summed E-state index contributed by atoms with van der Waals surface area (Å²) in [4.78, 5) is 10.3. The minimum atomic E-state index is -0.898. The Balaban J connectivity index is 1.83. The Labute approximate surface area is 155 Å². The van der Waals surface area contributed by atoms with Crippen LogP contribution in [-0.2, 0) is 4.79 Å². The molecule has 0 aliphatic heterocycles. The third-order valence-electron chi connectivity index (χ3n) is 5.67. The molecule has 1 saturated carbocycles. The Morgan fingerprint density at radius 3 is 2.38 bits per heavy atom. The highest BCUT2D eigenvalue weighted by Crippen LogP contribution is 2.40. The van der Waals surface area contributed by atoms with Gasteiger partial charge >= 0.3 is 0 Å². The largest absolute Gasteiger partial charge is 0.393 e. The zero-order chi connectivity index (χ0) is 18.9. The summed E-state index contributed by atoms with van der Waals surface area (Å²) in [7, 11) is 0. The van der Waals surface area contributed by atoms with Gasteiger partial charge in [0.1, 0.15) is 12.1 Å². The number of carbonyl (C=O) groups excluding carboxylic acids is 1. The lowest BCUT2D eigenvalue weighted by Crippen LogP contribution is -2.23. The van der Waals surface area contributed by atoms with Gasteiger partial charge in [0, 0.05) is 12.0 Å².